The van der Waals surface area contributed by atoms with E-state index in [2.05, 4.69) is 5.10 Å². The molecule has 2 aromatic rings. The van der Waals surface area contributed by atoms with Gasteiger partial charge in [0, 0.05) is 12.6 Å². The minimum atomic E-state index is -1.56. The van der Waals surface area contributed by atoms with Crippen molar-refractivity contribution in [3.05, 3.63) is 40.6 Å². The average Bonchev–Trinajstić information content (AvgIpc) is 2.70. The number of hydrogen-bond acceptors (Lipinski definition) is 5. The monoisotopic (exact) mass is 263 g/mol. The van der Waals surface area contributed by atoms with Crippen molar-refractivity contribution in [2.45, 2.75) is 6.54 Å². The molecule has 1 aromatic carbocycles. The molecule has 0 saturated carbocycles. The van der Waals surface area contributed by atoms with Crippen LogP contribution in [-0.2, 0) is 13.6 Å². The molecule has 8 heteroatoms. The van der Waals surface area contributed by atoms with Crippen LogP contribution in [0.2, 0.25) is 0 Å². The molecule has 1 aromatic heterocycles. The van der Waals surface area contributed by atoms with Gasteiger partial charge in [-0.05, 0) is 11.5 Å². The summed E-state index contributed by atoms with van der Waals surface area (Å²) in [5.41, 5.74) is 0.727. The van der Waals surface area contributed by atoms with Crippen molar-refractivity contribution in [3.63, 3.8) is 0 Å². The number of nitrogens with zero attached hydrogens (tertiary/aromatic N) is 3. The summed E-state index contributed by atoms with van der Waals surface area (Å²) in [6.45, 7) is 0.198. The third kappa shape index (κ3) is 2.69. The highest BCUT2D eigenvalue weighted by atomic mass is 16.5. The van der Waals surface area contributed by atoms with E-state index in [1.807, 2.05) is 0 Å². The molecule has 0 atom stereocenters. The van der Waals surface area contributed by atoms with E-state index in [1.54, 1.807) is 25.2 Å². The predicted octanol–water partition coefficient (Wildman–Crippen LogP) is -1.68. The second kappa shape index (κ2) is 5.29. The van der Waals surface area contributed by atoms with Crippen molar-refractivity contribution in [1.82, 2.24) is 14.3 Å². The van der Waals surface area contributed by atoms with Gasteiger partial charge < -0.3 is 14.8 Å². The number of aryl methyl sites for hydroxylation is 1. The van der Waals surface area contributed by atoms with Gasteiger partial charge in [-0.1, -0.05) is 12.1 Å². The van der Waals surface area contributed by atoms with Gasteiger partial charge in [0.25, 0.3) is 0 Å². The maximum atomic E-state index is 11.7. The van der Waals surface area contributed by atoms with E-state index in [0.29, 0.717) is 16.8 Å². The van der Waals surface area contributed by atoms with E-state index in [1.165, 1.54) is 22.7 Å². The van der Waals surface area contributed by atoms with Crippen LogP contribution >= 0.6 is 0 Å². The van der Waals surface area contributed by atoms with Crippen LogP contribution in [0.1, 0.15) is 5.56 Å². The molecular formula is C11H14BN3O4. The molecule has 0 aliphatic carbocycles. The van der Waals surface area contributed by atoms with Crippen LogP contribution in [-0.4, -0.2) is 38.6 Å². The average molecular weight is 263 g/mol. The van der Waals surface area contributed by atoms with Gasteiger partial charge in [0.05, 0.1) is 13.7 Å². The highest BCUT2D eigenvalue weighted by Crippen LogP contribution is 2.16. The van der Waals surface area contributed by atoms with Crippen molar-refractivity contribution in [2.24, 2.45) is 7.05 Å². The Hall–Kier alpha value is -2.06. The molecule has 7 nitrogen and oxygen atoms in total. The number of methoxy groups -OCH3 is 1. The molecule has 0 fully saturated rings. The van der Waals surface area contributed by atoms with Gasteiger partial charge in [0.1, 0.15) is 12.1 Å². The molecule has 0 saturated heterocycles. The number of benzene rings is 1. The molecule has 0 spiro atoms. The normalized spacial score (nSPS) is 10.5. The van der Waals surface area contributed by atoms with Crippen LogP contribution < -0.4 is 15.9 Å². The molecule has 0 aliphatic heterocycles. The molecule has 2 N–H and O–H groups in total. The fraction of sp³-hybridized carbons (Fsp3) is 0.273. The SMILES string of the molecule is COc1ccc(B(O)O)cc1Cn1ncn(C)c1=O. The predicted molar refractivity (Wildman–Crippen MR) is 69.4 cm³/mol. The van der Waals surface area contributed by atoms with E-state index in [0.717, 1.165) is 0 Å². The molecule has 0 aliphatic rings. The van der Waals surface area contributed by atoms with Gasteiger partial charge in [0.2, 0.25) is 0 Å². The summed E-state index contributed by atoms with van der Waals surface area (Å²) >= 11 is 0. The summed E-state index contributed by atoms with van der Waals surface area (Å²) in [6.07, 6.45) is 1.42. The second-order valence-corrected chi connectivity index (χ2v) is 4.13. The van der Waals surface area contributed by atoms with Gasteiger partial charge in [-0.25, -0.2) is 9.48 Å². The van der Waals surface area contributed by atoms with Gasteiger partial charge in [-0.2, -0.15) is 5.10 Å². The standard InChI is InChI=1S/C11H14BN3O4/c1-14-7-13-15(11(14)16)6-8-5-9(12(17)18)3-4-10(8)19-2/h3-5,7,17-18H,6H2,1-2H3. The van der Waals surface area contributed by atoms with Crippen LogP contribution in [0.4, 0.5) is 0 Å². The van der Waals surface area contributed by atoms with Crippen LogP contribution in [0.15, 0.2) is 29.3 Å². The minimum Gasteiger partial charge on any atom is -0.496 e. The van der Waals surface area contributed by atoms with Gasteiger partial charge in [-0.3, -0.25) is 4.57 Å². The second-order valence-electron chi connectivity index (χ2n) is 4.13. The van der Waals surface area contributed by atoms with Crippen LogP contribution in [0.5, 0.6) is 5.75 Å². The van der Waals surface area contributed by atoms with Crippen LogP contribution in [0.3, 0.4) is 0 Å². The lowest BCUT2D eigenvalue weighted by Gasteiger charge is -2.10. The van der Waals surface area contributed by atoms with Gasteiger partial charge in [-0.15, -0.1) is 0 Å². The molecule has 0 bridgehead atoms. The zero-order valence-corrected chi connectivity index (χ0v) is 10.6. The number of ether oxygens (including phenoxy) is 1. The number of aromatic nitrogens is 3. The first-order valence-corrected chi connectivity index (χ1v) is 5.64. The van der Waals surface area contributed by atoms with Gasteiger partial charge >= 0.3 is 12.8 Å². The van der Waals surface area contributed by atoms with E-state index < -0.39 is 7.12 Å². The number of hydrogen-bond donors (Lipinski definition) is 2. The summed E-state index contributed by atoms with van der Waals surface area (Å²) in [5.74, 6) is 0.557. The molecule has 100 valence electrons. The van der Waals surface area contributed by atoms with E-state index >= 15 is 0 Å². The quantitative estimate of drug-likeness (QED) is 0.643. The lowest BCUT2D eigenvalue weighted by atomic mass is 9.79. The lowest BCUT2D eigenvalue weighted by Crippen LogP contribution is -2.31. The Morgan fingerprint density at radius 1 is 1.42 bits per heavy atom. The summed E-state index contributed by atoms with van der Waals surface area (Å²) in [5, 5.41) is 22.3. The molecular weight excluding hydrogens is 249 g/mol. The smallest absolute Gasteiger partial charge is 0.488 e. The first-order valence-electron chi connectivity index (χ1n) is 5.64. The number of rotatable bonds is 4. The zero-order valence-electron chi connectivity index (χ0n) is 10.6. The molecule has 1 heterocycles. The Labute approximate surface area is 109 Å². The zero-order chi connectivity index (χ0) is 14.0. The van der Waals surface area contributed by atoms with Crippen molar-refractivity contribution >= 4 is 12.6 Å². The van der Waals surface area contributed by atoms with Gasteiger partial charge in [0.15, 0.2) is 0 Å². The fourth-order valence-corrected chi connectivity index (χ4v) is 1.77. The Morgan fingerprint density at radius 2 is 2.16 bits per heavy atom. The van der Waals surface area contributed by atoms with Crippen molar-refractivity contribution in [3.8, 4) is 5.75 Å². The van der Waals surface area contributed by atoms with E-state index in [9.17, 15) is 4.79 Å². The summed E-state index contributed by atoms with van der Waals surface area (Å²) in [6, 6.07) is 4.75. The van der Waals surface area contributed by atoms with E-state index in [-0.39, 0.29) is 12.2 Å². The molecule has 0 amide bonds. The van der Waals surface area contributed by atoms with Crippen molar-refractivity contribution in [1.29, 1.82) is 0 Å². The summed E-state index contributed by atoms with van der Waals surface area (Å²) in [4.78, 5) is 11.7. The Kier molecular flexibility index (Phi) is 3.73. The van der Waals surface area contributed by atoms with Crippen molar-refractivity contribution in [2.75, 3.05) is 7.11 Å². The third-order valence-electron chi connectivity index (χ3n) is 2.81. The summed E-state index contributed by atoms with van der Waals surface area (Å²) < 4.78 is 7.81. The fourth-order valence-electron chi connectivity index (χ4n) is 1.77. The third-order valence-corrected chi connectivity index (χ3v) is 2.81. The maximum absolute atomic E-state index is 11.7. The largest absolute Gasteiger partial charge is 0.496 e. The van der Waals surface area contributed by atoms with Crippen LogP contribution in [0.25, 0.3) is 0 Å². The highest BCUT2D eigenvalue weighted by molar-refractivity contribution is 6.58. The Bertz CT molecular complexity index is 635. The molecule has 2 rings (SSSR count). The molecule has 0 radical (unpaired) electrons. The minimum absolute atomic E-state index is 0.198. The maximum Gasteiger partial charge on any atom is 0.488 e. The Balaban J connectivity index is 2.40. The van der Waals surface area contributed by atoms with Crippen LogP contribution in [0, 0.1) is 0 Å². The topological polar surface area (TPSA) is 89.5 Å². The first kappa shape index (κ1) is 13.4. The Morgan fingerprint density at radius 3 is 2.68 bits per heavy atom. The first-order chi connectivity index (χ1) is 9.02. The highest BCUT2D eigenvalue weighted by Gasteiger charge is 2.15. The lowest BCUT2D eigenvalue weighted by molar-refractivity contribution is 0.406. The summed E-state index contributed by atoms with van der Waals surface area (Å²) in [7, 11) is 1.55. The van der Waals surface area contributed by atoms with Crippen molar-refractivity contribution < 1.29 is 14.8 Å². The molecule has 19 heavy (non-hydrogen) atoms. The molecule has 0 unspecified atom stereocenters. The van der Waals surface area contributed by atoms with E-state index in [4.69, 9.17) is 14.8 Å².